The van der Waals surface area contributed by atoms with Crippen LogP contribution < -0.4 is 11.1 Å². The molecule has 0 spiro atoms. The molecule has 126 valence electrons. The van der Waals surface area contributed by atoms with Crippen LogP contribution >= 0.6 is 11.3 Å². The molecule has 1 aliphatic rings. The van der Waals surface area contributed by atoms with Crippen LogP contribution in [0.15, 0.2) is 6.07 Å². The number of primary amides is 1. The highest BCUT2D eigenvalue weighted by molar-refractivity contribution is 7.14. The van der Waals surface area contributed by atoms with Crippen molar-refractivity contribution in [1.82, 2.24) is 5.32 Å². The van der Waals surface area contributed by atoms with E-state index in [0.717, 1.165) is 25.7 Å². The lowest BCUT2D eigenvalue weighted by atomic mass is 10.1. The zero-order valence-corrected chi connectivity index (χ0v) is 14.2. The van der Waals surface area contributed by atoms with Crippen LogP contribution in [0.25, 0.3) is 0 Å². The molecule has 0 radical (unpaired) electrons. The maximum absolute atomic E-state index is 12.3. The highest BCUT2D eigenvalue weighted by Crippen LogP contribution is 2.29. The molecule has 0 saturated carbocycles. The van der Waals surface area contributed by atoms with E-state index < -0.39 is 24.0 Å². The van der Waals surface area contributed by atoms with Crippen LogP contribution in [-0.4, -0.2) is 24.0 Å². The molecule has 1 aromatic rings. The Bertz CT molecular complexity index is 586. The number of nitrogens with two attached hydrogens (primary N) is 1. The summed E-state index contributed by atoms with van der Waals surface area (Å²) in [6.07, 6.45) is 4.41. The van der Waals surface area contributed by atoms with E-state index >= 15 is 0 Å². The summed E-state index contributed by atoms with van der Waals surface area (Å²) in [7, 11) is 0. The Morgan fingerprint density at radius 3 is 2.57 bits per heavy atom. The third kappa shape index (κ3) is 4.54. The average molecular weight is 338 g/mol. The van der Waals surface area contributed by atoms with Crippen molar-refractivity contribution in [3.8, 4) is 0 Å². The predicted octanol–water partition coefficient (Wildman–Crippen LogP) is 2.39. The first kappa shape index (κ1) is 17.5. The van der Waals surface area contributed by atoms with E-state index in [2.05, 4.69) is 0 Å². The zero-order chi connectivity index (χ0) is 17.0. The van der Waals surface area contributed by atoms with E-state index in [0.29, 0.717) is 4.88 Å². The first-order valence-electron chi connectivity index (χ1n) is 7.81. The number of thiophene rings is 1. The van der Waals surface area contributed by atoms with Gasteiger partial charge in [0.25, 0.3) is 5.91 Å². The topological polar surface area (TPSA) is 98.5 Å². The van der Waals surface area contributed by atoms with Gasteiger partial charge in [0.05, 0.1) is 0 Å². The second kappa shape index (κ2) is 7.59. The van der Waals surface area contributed by atoms with Crippen molar-refractivity contribution >= 4 is 29.2 Å². The van der Waals surface area contributed by atoms with Crippen LogP contribution in [0.1, 0.15) is 53.2 Å². The standard InChI is InChI=1S/C16H22N2O4S/c1-9(2)13(14(19)18-16(17)21)22-15(20)12-8-10-6-4-3-5-7-11(10)23-12/h8-9,13H,3-7H2,1-2H3,(H3,17,18,19,21)/t13-/m1/s1. The maximum atomic E-state index is 12.3. The molecule has 0 aliphatic heterocycles. The van der Waals surface area contributed by atoms with E-state index in [1.807, 2.05) is 11.4 Å². The van der Waals surface area contributed by atoms with Gasteiger partial charge >= 0.3 is 12.0 Å². The summed E-state index contributed by atoms with van der Waals surface area (Å²) in [5.41, 5.74) is 6.16. The number of aryl methyl sites for hydroxylation is 2. The normalized spacial score (nSPS) is 15.4. The molecule has 3 amide bonds. The highest BCUT2D eigenvalue weighted by Gasteiger charge is 2.29. The van der Waals surface area contributed by atoms with Gasteiger partial charge in [0.1, 0.15) is 4.88 Å². The number of rotatable bonds is 4. The molecule has 0 bridgehead atoms. The summed E-state index contributed by atoms with van der Waals surface area (Å²) >= 11 is 1.44. The van der Waals surface area contributed by atoms with E-state index in [1.165, 1.54) is 28.2 Å². The number of ether oxygens (including phenoxy) is 1. The van der Waals surface area contributed by atoms with Crippen molar-refractivity contribution < 1.29 is 19.1 Å². The monoisotopic (exact) mass is 338 g/mol. The predicted molar refractivity (Wildman–Crippen MR) is 87.3 cm³/mol. The van der Waals surface area contributed by atoms with Gasteiger partial charge in [0.15, 0.2) is 6.10 Å². The van der Waals surface area contributed by atoms with Gasteiger partial charge in [-0.3, -0.25) is 10.1 Å². The first-order chi connectivity index (χ1) is 10.9. The van der Waals surface area contributed by atoms with Crippen LogP contribution in [-0.2, 0) is 22.4 Å². The van der Waals surface area contributed by atoms with E-state index in [1.54, 1.807) is 13.8 Å². The Labute approximate surface area is 139 Å². The smallest absolute Gasteiger partial charge is 0.349 e. The van der Waals surface area contributed by atoms with Crippen LogP contribution in [0.3, 0.4) is 0 Å². The summed E-state index contributed by atoms with van der Waals surface area (Å²) in [5, 5.41) is 1.96. The summed E-state index contributed by atoms with van der Waals surface area (Å²) in [6, 6.07) is 0.913. The molecule has 0 aromatic carbocycles. The molecule has 1 atom stereocenters. The molecule has 6 nitrogen and oxygen atoms in total. The highest BCUT2D eigenvalue weighted by atomic mass is 32.1. The molecular weight excluding hydrogens is 316 g/mol. The van der Waals surface area contributed by atoms with Gasteiger partial charge in [-0.1, -0.05) is 20.3 Å². The lowest BCUT2D eigenvalue weighted by Crippen LogP contribution is -2.45. The van der Waals surface area contributed by atoms with Crippen molar-refractivity contribution in [2.45, 2.75) is 52.1 Å². The molecule has 0 fully saturated rings. The van der Waals surface area contributed by atoms with Gasteiger partial charge in [-0.15, -0.1) is 11.3 Å². The van der Waals surface area contributed by atoms with Crippen molar-refractivity contribution in [3.63, 3.8) is 0 Å². The van der Waals surface area contributed by atoms with Crippen LogP contribution in [0.5, 0.6) is 0 Å². The van der Waals surface area contributed by atoms with Crippen LogP contribution in [0.2, 0.25) is 0 Å². The summed E-state index contributed by atoms with van der Waals surface area (Å²) in [4.78, 5) is 36.8. The first-order valence-corrected chi connectivity index (χ1v) is 8.63. The van der Waals surface area contributed by atoms with Crippen molar-refractivity contribution in [1.29, 1.82) is 0 Å². The Kier molecular flexibility index (Phi) is 5.76. The number of hydrogen-bond donors (Lipinski definition) is 2. The van der Waals surface area contributed by atoms with E-state index in [-0.39, 0.29) is 5.92 Å². The van der Waals surface area contributed by atoms with Crippen molar-refractivity contribution in [3.05, 3.63) is 21.4 Å². The lowest BCUT2D eigenvalue weighted by Gasteiger charge is -2.19. The molecule has 7 heteroatoms. The molecule has 2 rings (SSSR count). The third-order valence-electron chi connectivity index (χ3n) is 3.79. The van der Waals surface area contributed by atoms with Crippen LogP contribution in [0.4, 0.5) is 4.79 Å². The third-order valence-corrected chi connectivity index (χ3v) is 5.01. The number of urea groups is 1. The Morgan fingerprint density at radius 1 is 1.22 bits per heavy atom. The summed E-state index contributed by atoms with van der Waals surface area (Å²) in [6.45, 7) is 3.48. The molecule has 3 N–H and O–H groups in total. The fraction of sp³-hybridized carbons (Fsp3) is 0.562. The molecule has 0 unspecified atom stereocenters. The summed E-state index contributed by atoms with van der Waals surface area (Å²) < 4.78 is 5.32. The van der Waals surface area contributed by atoms with Crippen molar-refractivity contribution in [2.24, 2.45) is 11.7 Å². The molecule has 1 aromatic heterocycles. The number of carbonyl (C=O) groups excluding carboxylic acids is 3. The van der Waals surface area contributed by atoms with Gasteiger partial charge in [-0.2, -0.15) is 0 Å². The Hall–Kier alpha value is -1.89. The van der Waals surface area contributed by atoms with Gasteiger partial charge in [-0.25, -0.2) is 9.59 Å². The lowest BCUT2D eigenvalue weighted by molar-refractivity contribution is -0.130. The molecule has 0 saturated heterocycles. The number of nitrogens with one attached hydrogen (secondary N) is 1. The molecule has 1 heterocycles. The fourth-order valence-electron chi connectivity index (χ4n) is 2.63. The van der Waals surface area contributed by atoms with E-state index in [4.69, 9.17) is 10.5 Å². The van der Waals surface area contributed by atoms with Gasteiger partial charge in [0, 0.05) is 4.88 Å². The number of fused-ring (bicyclic) bond motifs is 1. The fourth-order valence-corrected chi connectivity index (χ4v) is 3.76. The SMILES string of the molecule is CC(C)[C@@H](OC(=O)c1cc2c(s1)CCCCC2)C(=O)NC(N)=O. The minimum Gasteiger partial charge on any atom is -0.448 e. The molecular formula is C16H22N2O4S. The van der Waals surface area contributed by atoms with Gasteiger partial charge in [0.2, 0.25) is 0 Å². The number of esters is 1. The quantitative estimate of drug-likeness (QED) is 0.650. The Morgan fingerprint density at radius 2 is 1.91 bits per heavy atom. The minimum absolute atomic E-state index is 0.268. The number of amides is 3. The molecule has 1 aliphatic carbocycles. The van der Waals surface area contributed by atoms with Crippen LogP contribution in [0, 0.1) is 5.92 Å². The van der Waals surface area contributed by atoms with Gasteiger partial charge < -0.3 is 10.5 Å². The largest absolute Gasteiger partial charge is 0.448 e. The number of carbonyl (C=O) groups is 3. The van der Waals surface area contributed by atoms with Gasteiger partial charge in [-0.05, 0) is 43.2 Å². The number of imide groups is 1. The minimum atomic E-state index is -1.04. The Balaban J connectivity index is 2.09. The average Bonchev–Trinajstić information content (AvgIpc) is 2.74. The number of hydrogen-bond acceptors (Lipinski definition) is 5. The second-order valence-corrected chi connectivity index (χ2v) is 7.18. The summed E-state index contributed by atoms with van der Waals surface area (Å²) in [5.74, 6) is -1.49. The maximum Gasteiger partial charge on any atom is 0.349 e. The zero-order valence-electron chi connectivity index (χ0n) is 13.4. The van der Waals surface area contributed by atoms with E-state index in [9.17, 15) is 14.4 Å². The second-order valence-electron chi connectivity index (χ2n) is 6.04. The molecule has 23 heavy (non-hydrogen) atoms. The van der Waals surface area contributed by atoms with Crippen molar-refractivity contribution in [2.75, 3.05) is 0 Å².